The first-order valence-corrected chi connectivity index (χ1v) is 4.51. The number of piperazine rings is 1. The van der Waals surface area contributed by atoms with E-state index in [4.69, 9.17) is 0 Å². The van der Waals surface area contributed by atoms with Crippen molar-refractivity contribution in [3.05, 3.63) is 0 Å². The van der Waals surface area contributed by atoms with Crippen LogP contribution in [0.1, 0.15) is 6.42 Å². The highest BCUT2D eigenvalue weighted by Crippen LogP contribution is 2.23. The Labute approximate surface area is 72.3 Å². The number of carbonyl (C=O) groups excluding carboxylic acids is 1. The lowest BCUT2D eigenvalue weighted by atomic mass is 10.2. The summed E-state index contributed by atoms with van der Waals surface area (Å²) >= 11 is 0. The minimum atomic E-state index is 0.131. The number of amides is 1. The third-order valence-electron chi connectivity index (χ3n) is 2.73. The van der Waals surface area contributed by atoms with Gasteiger partial charge in [0.25, 0.3) is 0 Å². The summed E-state index contributed by atoms with van der Waals surface area (Å²) in [5.74, 6) is 0.293. The van der Waals surface area contributed by atoms with E-state index < -0.39 is 0 Å². The van der Waals surface area contributed by atoms with Gasteiger partial charge in [-0.25, -0.2) is 0 Å². The molecule has 68 valence electrons. The van der Waals surface area contributed by atoms with Gasteiger partial charge in [0.1, 0.15) is 0 Å². The molecule has 12 heavy (non-hydrogen) atoms. The lowest BCUT2D eigenvalue weighted by molar-refractivity contribution is -0.132. The van der Waals surface area contributed by atoms with Crippen molar-refractivity contribution in [2.75, 3.05) is 26.7 Å². The van der Waals surface area contributed by atoms with Gasteiger partial charge in [-0.2, -0.15) is 0 Å². The summed E-state index contributed by atoms with van der Waals surface area (Å²) in [7, 11) is 1.91. The predicted molar refractivity (Wildman–Crippen MR) is 45.8 cm³/mol. The first-order chi connectivity index (χ1) is 5.83. The Morgan fingerprint density at radius 3 is 3.17 bits per heavy atom. The Kier molecular flexibility index (Phi) is 2.02. The molecule has 0 spiro atoms. The van der Waals surface area contributed by atoms with Crippen LogP contribution in [0.25, 0.3) is 0 Å². The fourth-order valence-corrected chi connectivity index (χ4v) is 2.05. The molecular weight excluding hydrogens is 154 g/mol. The van der Waals surface area contributed by atoms with Gasteiger partial charge in [-0.05, 0) is 13.5 Å². The zero-order chi connectivity index (χ0) is 8.55. The highest BCUT2D eigenvalue weighted by atomic mass is 16.2. The number of nitrogens with one attached hydrogen (secondary N) is 2. The van der Waals surface area contributed by atoms with Crippen molar-refractivity contribution < 1.29 is 4.79 Å². The summed E-state index contributed by atoms with van der Waals surface area (Å²) in [6.45, 7) is 2.74. The van der Waals surface area contributed by atoms with E-state index in [1.165, 1.54) is 0 Å². The molecule has 0 aromatic heterocycles. The molecule has 2 N–H and O–H groups in total. The van der Waals surface area contributed by atoms with E-state index in [0.29, 0.717) is 11.9 Å². The highest BCUT2D eigenvalue weighted by Gasteiger charge is 2.43. The first-order valence-electron chi connectivity index (χ1n) is 4.51. The average Bonchev–Trinajstić information content (AvgIpc) is 2.62. The Hall–Kier alpha value is -0.610. The average molecular weight is 169 g/mol. The molecule has 0 aliphatic carbocycles. The number of hydrogen-bond donors (Lipinski definition) is 2. The highest BCUT2D eigenvalue weighted by molar-refractivity contribution is 5.85. The molecule has 2 fully saturated rings. The van der Waals surface area contributed by atoms with Gasteiger partial charge in [0.15, 0.2) is 0 Å². The van der Waals surface area contributed by atoms with Crippen molar-refractivity contribution >= 4 is 5.91 Å². The Morgan fingerprint density at radius 2 is 2.58 bits per heavy atom. The molecule has 0 radical (unpaired) electrons. The monoisotopic (exact) mass is 169 g/mol. The molecule has 2 unspecified atom stereocenters. The number of rotatable bonds is 3. The van der Waals surface area contributed by atoms with Gasteiger partial charge in [0, 0.05) is 25.7 Å². The van der Waals surface area contributed by atoms with Gasteiger partial charge < -0.3 is 15.5 Å². The number of likely N-dealkylation sites (tertiary alicyclic amines) is 1. The van der Waals surface area contributed by atoms with Crippen LogP contribution in [0.15, 0.2) is 0 Å². The largest absolute Gasteiger partial charge is 0.336 e. The second-order valence-electron chi connectivity index (χ2n) is 3.49. The quantitative estimate of drug-likeness (QED) is 0.556. The third kappa shape index (κ3) is 1.11. The van der Waals surface area contributed by atoms with Gasteiger partial charge in [-0.15, -0.1) is 0 Å². The van der Waals surface area contributed by atoms with Crippen LogP contribution in [0.4, 0.5) is 0 Å². The predicted octanol–water partition coefficient (Wildman–Crippen LogP) is -1.22. The zero-order valence-corrected chi connectivity index (χ0v) is 7.34. The molecule has 2 aliphatic rings. The van der Waals surface area contributed by atoms with E-state index >= 15 is 0 Å². The van der Waals surface area contributed by atoms with E-state index in [9.17, 15) is 4.79 Å². The van der Waals surface area contributed by atoms with Crippen molar-refractivity contribution in [3.8, 4) is 0 Å². The van der Waals surface area contributed by atoms with Gasteiger partial charge in [-0.1, -0.05) is 0 Å². The second-order valence-corrected chi connectivity index (χ2v) is 3.49. The van der Waals surface area contributed by atoms with Crippen LogP contribution < -0.4 is 10.6 Å². The van der Waals surface area contributed by atoms with Crippen LogP contribution in [-0.2, 0) is 4.79 Å². The van der Waals surface area contributed by atoms with Crippen molar-refractivity contribution in [2.24, 2.45) is 0 Å². The SMILES string of the molecule is CNCCN1C(=O)C2CC1CN2. The van der Waals surface area contributed by atoms with Crippen LogP contribution in [0.5, 0.6) is 0 Å². The molecule has 4 nitrogen and oxygen atoms in total. The summed E-state index contributed by atoms with van der Waals surface area (Å²) in [6, 6.07) is 0.600. The number of hydrogen-bond acceptors (Lipinski definition) is 3. The normalized spacial score (nSPS) is 33.4. The molecule has 2 bridgehead atoms. The number of nitrogens with zero attached hydrogens (tertiary/aromatic N) is 1. The van der Waals surface area contributed by atoms with E-state index in [2.05, 4.69) is 10.6 Å². The zero-order valence-electron chi connectivity index (χ0n) is 7.34. The minimum absolute atomic E-state index is 0.131. The lowest BCUT2D eigenvalue weighted by Crippen LogP contribution is -2.49. The molecule has 2 saturated heterocycles. The minimum Gasteiger partial charge on any atom is -0.336 e. The maximum atomic E-state index is 11.5. The Balaban J connectivity index is 1.94. The summed E-state index contributed by atoms with van der Waals surface area (Å²) in [6.07, 6.45) is 1.02. The molecule has 0 saturated carbocycles. The molecule has 4 heteroatoms. The maximum absolute atomic E-state index is 11.5. The van der Waals surface area contributed by atoms with Gasteiger partial charge in [0.2, 0.25) is 5.91 Å². The topological polar surface area (TPSA) is 44.4 Å². The number of carbonyl (C=O) groups is 1. The molecular formula is C8H15N3O. The molecule has 2 heterocycles. The Bertz CT molecular complexity index is 195. The number of likely N-dealkylation sites (N-methyl/N-ethyl adjacent to an activating group) is 1. The first kappa shape index (κ1) is 8.01. The van der Waals surface area contributed by atoms with Crippen LogP contribution in [0.3, 0.4) is 0 Å². The molecule has 1 amide bonds. The van der Waals surface area contributed by atoms with Crippen LogP contribution >= 0.6 is 0 Å². The molecule has 0 aromatic carbocycles. The van der Waals surface area contributed by atoms with Gasteiger partial charge in [0.05, 0.1) is 6.04 Å². The van der Waals surface area contributed by atoms with Crippen LogP contribution in [-0.4, -0.2) is 49.6 Å². The van der Waals surface area contributed by atoms with E-state index in [0.717, 1.165) is 26.1 Å². The molecule has 2 rings (SSSR count). The summed E-state index contributed by atoms with van der Waals surface area (Å²) in [4.78, 5) is 13.5. The van der Waals surface area contributed by atoms with Gasteiger partial charge >= 0.3 is 0 Å². The molecule has 2 aliphatic heterocycles. The molecule has 0 aromatic rings. The van der Waals surface area contributed by atoms with Crippen molar-refractivity contribution in [1.82, 2.24) is 15.5 Å². The van der Waals surface area contributed by atoms with Crippen LogP contribution in [0.2, 0.25) is 0 Å². The number of fused-ring (bicyclic) bond motifs is 2. The fourth-order valence-electron chi connectivity index (χ4n) is 2.05. The fraction of sp³-hybridized carbons (Fsp3) is 0.875. The standard InChI is InChI=1S/C8H15N3O/c1-9-2-3-11-6-4-7(8(11)12)10-5-6/h6-7,9-10H,2-5H2,1H3. The maximum Gasteiger partial charge on any atom is 0.240 e. The molecule has 2 atom stereocenters. The lowest BCUT2D eigenvalue weighted by Gasteiger charge is -2.27. The third-order valence-corrected chi connectivity index (χ3v) is 2.73. The summed E-state index contributed by atoms with van der Waals surface area (Å²) < 4.78 is 0. The van der Waals surface area contributed by atoms with Crippen molar-refractivity contribution in [1.29, 1.82) is 0 Å². The van der Waals surface area contributed by atoms with Crippen molar-refractivity contribution in [3.63, 3.8) is 0 Å². The van der Waals surface area contributed by atoms with E-state index in [1.54, 1.807) is 0 Å². The van der Waals surface area contributed by atoms with Gasteiger partial charge in [-0.3, -0.25) is 4.79 Å². The van der Waals surface area contributed by atoms with E-state index in [1.807, 2.05) is 11.9 Å². The Morgan fingerprint density at radius 1 is 1.75 bits per heavy atom. The smallest absolute Gasteiger partial charge is 0.240 e. The van der Waals surface area contributed by atoms with Crippen LogP contribution in [0, 0.1) is 0 Å². The summed E-state index contributed by atoms with van der Waals surface area (Å²) in [5, 5.41) is 6.26. The summed E-state index contributed by atoms with van der Waals surface area (Å²) in [5.41, 5.74) is 0. The second kappa shape index (κ2) is 3.03. The van der Waals surface area contributed by atoms with E-state index in [-0.39, 0.29) is 6.04 Å². The van der Waals surface area contributed by atoms with Crippen molar-refractivity contribution in [2.45, 2.75) is 18.5 Å².